The Labute approximate surface area is 79.2 Å². The van der Waals surface area contributed by atoms with Crippen molar-refractivity contribution in [3.8, 4) is 5.75 Å². The molecule has 1 aromatic rings. The molecule has 0 amide bonds. The number of hydrogen-bond donors (Lipinski definition) is 1. The third kappa shape index (κ3) is 2.22. The molecule has 72 valence electrons. The smallest absolute Gasteiger partial charge is 0.122 e. The van der Waals surface area contributed by atoms with Gasteiger partial charge in [-0.05, 0) is 24.1 Å². The number of hydrogen-bond acceptors (Lipinski definition) is 2. The SMILES string of the molecule is COc1cc(C)ccc1[C@@H](C)CO. The molecule has 0 bridgehead atoms. The number of rotatable bonds is 3. The van der Waals surface area contributed by atoms with Crippen molar-refractivity contribution in [2.75, 3.05) is 13.7 Å². The number of benzene rings is 1. The predicted molar refractivity (Wildman–Crippen MR) is 53.2 cm³/mol. The summed E-state index contributed by atoms with van der Waals surface area (Å²) in [6.45, 7) is 4.16. The minimum absolute atomic E-state index is 0.135. The Kier molecular flexibility index (Phi) is 3.32. The van der Waals surface area contributed by atoms with Gasteiger partial charge in [-0.25, -0.2) is 0 Å². The largest absolute Gasteiger partial charge is 0.496 e. The second-order valence-corrected chi connectivity index (χ2v) is 3.33. The van der Waals surface area contributed by atoms with Gasteiger partial charge >= 0.3 is 0 Å². The Morgan fingerprint density at radius 2 is 2.15 bits per heavy atom. The van der Waals surface area contributed by atoms with Gasteiger partial charge in [0.2, 0.25) is 0 Å². The van der Waals surface area contributed by atoms with Crippen molar-refractivity contribution in [3.05, 3.63) is 29.3 Å². The molecule has 0 unspecified atom stereocenters. The maximum Gasteiger partial charge on any atom is 0.122 e. The van der Waals surface area contributed by atoms with Crippen LogP contribution >= 0.6 is 0 Å². The van der Waals surface area contributed by atoms with Crippen LogP contribution in [0, 0.1) is 6.92 Å². The molecular weight excluding hydrogens is 164 g/mol. The number of aliphatic hydroxyl groups is 1. The summed E-state index contributed by atoms with van der Waals surface area (Å²) in [6.07, 6.45) is 0. The summed E-state index contributed by atoms with van der Waals surface area (Å²) in [5.74, 6) is 0.997. The number of methoxy groups -OCH3 is 1. The fourth-order valence-corrected chi connectivity index (χ4v) is 1.32. The average Bonchev–Trinajstić information content (AvgIpc) is 2.16. The van der Waals surface area contributed by atoms with Gasteiger partial charge in [0.15, 0.2) is 0 Å². The first-order valence-electron chi connectivity index (χ1n) is 4.44. The van der Waals surface area contributed by atoms with E-state index in [0.717, 1.165) is 11.3 Å². The summed E-state index contributed by atoms with van der Waals surface area (Å²) >= 11 is 0. The molecule has 0 aromatic heterocycles. The van der Waals surface area contributed by atoms with E-state index in [4.69, 9.17) is 9.84 Å². The molecule has 0 aliphatic heterocycles. The zero-order valence-corrected chi connectivity index (χ0v) is 8.37. The highest BCUT2D eigenvalue weighted by atomic mass is 16.5. The Bertz CT molecular complexity index is 281. The summed E-state index contributed by atoms with van der Waals surface area (Å²) in [4.78, 5) is 0. The zero-order valence-electron chi connectivity index (χ0n) is 8.37. The van der Waals surface area contributed by atoms with Gasteiger partial charge in [0, 0.05) is 12.5 Å². The molecule has 0 saturated heterocycles. The van der Waals surface area contributed by atoms with Gasteiger partial charge in [-0.1, -0.05) is 19.1 Å². The van der Waals surface area contributed by atoms with Gasteiger partial charge in [0.05, 0.1) is 7.11 Å². The molecule has 13 heavy (non-hydrogen) atoms. The Balaban J connectivity index is 3.05. The highest BCUT2D eigenvalue weighted by Crippen LogP contribution is 2.26. The van der Waals surface area contributed by atoms with E-state index in [2.05, 4.69) is 0 Å². The lowest BCUT2D eigenvalue weighted by molar-refractivity contribution is 0.269. The second-order valence-electron chi connectivity index (χ2n) is 3.33. The first-order valence-corrected chi connectivity index (χ1v) is 4.44. The Hall–Kier alpha value is -1.02. The zero-order chi connectivity index (χ0) is 9.84. The van der Waals surface area contributed by atoms with Gasteiger partial charge in [0.25, 0.3) is 0 Å². The topological polar surface area (TPSA) is 29.5 Å². The standard InChI is InChI=1S/C11H16O2/c1-8-4-5-10(9(2)7-12)11(6-8)13-3/h4-6,9,12H,7H2,1-3H3/t9-/m0/s1. The highest BCUT2D eigenvalue weighted by molar-refractivity contribution is 5.39. The van der Waals surface area contributed by atoms with E-state index < -0.39 is 0 Å². The number of aliphatic hydroxyl groups excluding tert-OH is 1. The molecule has 1 atom stereocenters. The predicted octanol–water partition coefficient (Wildman–Crippen LogP) is 2.10. The van der Waals surface area contributed by atoms with Crippen LogP contribution in [0.3, 0.4) is 0 Å². The first kappa shape index (κ1) is 10.1. The summed E-state index contributed by atoms with van der Waals surface area (Å²) < 4.78 is 5.24. The molecule has 0 aliphatic carbocycles. The van der Waals surface area contributed by atoms with Crippen molar-refractivity contribution in [2.45, 2.75) is 19.8 Å². The van der Waals surface area contributed by atoms with Crippen LogP contribution in [-0.4, -0.2) is 18.8 Å². The van der Waals surface area contributed by atoms with Gasteiger partial charge in [0.1, 0.15) is 5.75 Å². The van der Waals surface area contributed by atoms with Crippen LogP contribution in [0.1, 0.15) is 24.0 Å². The highest BCUT2D eigenvalue weighted by Gasteiger charge is 2.09. The van der Waals surface area contributed by atoms with Crippen molar-refractivity contribution >= 4 is 0 Å². The van der Waals surface area contributed by atoms with E-state index in [-0.39, 0.29) is 12.5 Å². The lowest BCUT2D eigenvalue weighted by Gasteiger charge is -2.13. The first-order chi connectivity index (χ1) is 6.19. The molecule has 0 aliphatic rings. The molecule has 0 saturated carbocycles. The molecule has 0 fully saturated rings. The van der Waals surface area contributed by atoms with E-state index in [1.807, 2.05) is 32.0 Å². The van der Waals surface area contributed by atoms with Crippen molar-refractivity contribution < 1.29 is 9.84 Å². The van der Waals surface area contributed by atoms with E-state index in [1.54, 1.807) is 7.11 Å². The summed E-state index contributed by atoms with van der Waals surface area (Å²) in [6, 6.07) is 6.03. The lowest BCUT2D eigenvalue weighted by atomic mass is 10.00. The molecule has 1 rings (SSSR count). The van der Waals surface area contributed by atoms with Crippen LogP contribution in [0.4, 0.5) is 0 Å². The van der Waals surface area contributed by atoms with Gasteiger partial charge in [-0.15, -0.1) is 0 Å². The van der Waals surface area contributed by atoms with E-state index in [1.165, 1.54) is 5.56 Å². The van der Waals surface area contributed by atoms with Crippen molar-refractivity contribution in [1.82, 2.24) is 0 Å². The maximum absolute atomic E-state index is 9.02. The fourth-order valence-electron chi connectivity index (χ4n) is 1.32. The molecule has 0 radical (unpaired) electrons. The van der Waals surface area contributed by atoms with Gasteiger partial charge < -0.3 is 9.84 Å². The average molecular weight is 180 g/mol. The van der Waals surface area contributed by atoms with Crippen molar-refractivity contribution in [2.24, 2.45) is 0 Å². The van der Waals surface area contributed by atoms with Crippen molar-refractivity contribution in [1.29, 1.82) is 0 Å². The summed E-state index contributed by atoms with van der Waals surface area (Å²) in [5, 5.41) is 9.02. The summed E-state index contributed by atoms with van der Waals surface area (Å²) in [7, 11) is 1.66. The quantitative estimate of drug-likeness (QED) is 0.771. The van der Waals surface area contributed by atoms with E-state index >= 15 is 0 Å². The molecular formula is C11H16O2. The van der Waals surface area contributed by atoms with Crippen LogP contribution in [0.25, 0.3) is 0 Å². The van der Waals surface area contributed by atoms with Gasteiger partial charge in [-0.3, -0.25) is 0 Å². The van der Waals surface area contributed by atoms with E-state index in [9.17, 15) is 0 Å². The number of aryl methyl sites for hydroxylation is 1. The Morgan fingerprint density at radius 1 is 1.46 bits per heavy atom. The molecule has 0 spiro atoms. The molecule has 0 heterocycles. The minimum Gasteiger partial charge on any atom is -0.496 e. The third-order valence-electron chi connectivity index (χ3n) is 2.19. The van der Waals surface area contributed by atoms with E-state index in [0.29, 0.717) is 0 Å². The van der Waals surface area contributed by atoms with Crippen LogP contribution < -0.4 is 4.74 Å². The molecule has 2 nitrogen and oxygen atoms in total. The van der Waals surface area contributed by atoms with Crippen LogP contribution in [0.5, 0.6) is 5.75 Å². The van der Waals surface area contributed by atoms with Gasteiger partial charge in [-0.2, -0.15) is 0 Å². The molecule has 1 aromatic carbocycles. The minimum atomic E-state index is 0.135. The monoisotopic (exact) mass is 180 g/mol. The van der Waals surface area contributed by atoms with Crippen LogP contribution in [0.2, 0.25) is 0 Å². The normalized spacial score (nSPS) is 12.6. The fraction of sp³-hybridized carbons (Fsp3) is 0.455. The summed E-state index contributed by atoms with van der Waals surface area (Å²) in [5.41, 5.74) is 2.24. The lowest BCUT2D eigenvalue weighted by Crippen LogP contribution is -2.01. The second kappa shape index (κ2) is 4.28. The third-order valence-corrected chi connectivity index (χ3v) is 2.19. The molecule has 2 heteroatoms. The number of ether oxygens (including phenoxy) is 1. The maximum atomic E-state index is 9.02. The van der Waals surface area contributed by atoms with Crippen LogP contribution in [-0.2, 0) is 0 Å². The van der Waals surface area contributed by atoms with Crippen LogP contribution in [0.15, 0.2) is 18.2 Å². The molecule has 1 N–H and O–H groups in total. The Morgan fingerprint density at radius 3 is 2.69 bits per heavy atom. The van der Waals surface area contributed by atoms with Crippen molar-refractivity contribution in [3.63, 3.8) is 0 Å².